The molecule has 1 heterocycles. The maximum absolute atomic E-state index is 5.83. The van der Waals surface area contributed by atoms with E-state index in [2.05, 4.69) is 26.2 Å². The molecule has 0 fully saturated rings. The molecule has 0 aliphatic heterocycles. The van der Waals surface area contributed by atoms with Crippen molar-refractivity contribution in [1.82, 2.24) is 4.98 Å². The molecule has 0 saturated carbocycles. The van der Waals surface area contributed by atoms with Crippen molar-refractivity contribution < 1.29 is 4.42 Å². The van der Waals surface area contributed by atoms with Crippen LogP contribution in [0.25, 0.3) is 11.1 Å². The Kier molecular flexibility index (Phi) is 2.68. The van der Waals surface area contributed by atoms with Gasteiger partial charge in [0, 0.05) is 10.2 Å². The van der Waals surface area contributed by atoms with Crippen molar-refractivity contribution in [3.63, 3.8) is 0 Å². The molecule has 0 bridgehead atoms. The number of nitrogens with two attached hydrogens (primary N) is 1. The minimum absolute atomic E-state index is 0.435. The van der Waals surface area contributed by atoms with Crippen molar-refractivity contribution in [3.8, 4) is 0 Å². The van der Waals surface area contributed by atoms with Crippen molar-refractivity contribution >= 4 is 44.4 Å². The summed E-state index contributed by atoms with van der Waals surface area (Å²) < 4.78 is 6.59. The molecule has 1 aromatic heterocycles. The predicted octanol–water partition coefficient (Wildman–Crippen LogP) is 3.92. The van der Waals surface area contributed by atoms with Gasteiger partial charge in [0.2, 0.25) is 0 Å². The van der Waals surface area contributed by atoms with Gasteiger partial charge >= 0.3 is 0 Å². The van der Waals surface area contributed by atoms with Crippen molar-refractivity contribution in [1.29, 1.82) is 0 Å². The molecule has 3 aromatic rings. The van der Waals surface area contributed by atoms with Crippen molar-refractivity contribution in [3.05, 3.63) is 46.9 Å². The lowest BCUT2D eigenvalue weighted by Crippen LogP contribution is -1.90. The normalized spacial score (nSPS) is 10.7. The number of rotatable bonds is 2. The number of oxazole rings is 1. The number of nitrogen functional groups attached to an aromatic ring is 1. The molecule has 0 amide bonds. The molecule has 3 N–H and O–H groups in total. The molecule has 4 nitrogen and oxygen atoms in total. The van der Waals surface area contributed by atoms with E-state index in [0.717, 1.165) is 10.2 Å². The van der Waals surface area contributed by atoms with Gasteiger partial charge in [-0.05, 0) is 36.4 Å². The molecule has 2 aromatic carbocycles. The summed E-state index contributed by atoms with van der Waals surface area (Å²) in [6.07, 6.45) is 0. The first-order chi connectivity index (χ1) is 8.72. The van der Waals surface area contributed by atoms with Gasteiger partial charge in [-0.15, -0.1) is 0 Å². The third-order valence-corrected chi connectivity index (χ3v) is 3.07. The molecule has 0 aliphatic carbocycles. The number of aromatic nitrogens is 1. The standard InChI is InChI=1S/C13H10BrN3O/c14-8-4-6-9(7-5-8)16-13-17-12-10(15)2-1-3-11(12)18-13/h1-7H,15H2,(H,16,17). The molecule has 0 unspecified atom stereocenters. The zero-order valence-corrected chi connectivity index (χ0v) is 10.9. The average Bonchev–Trinajstić information content (AvgIpc) is 2.76. The average molecular weight is 304 g/mol. The molecular weight excluding hydrogens is 294 g/mol. The van der Waals surface area contributed by atoms with E-state index in [9.17, 15) is 0 Å². The van der Waals surface area contributed by atoms with Crippen LogP contribution >= 0.6 is 15.9 Å². The number of benzene rings is 2. The highest BCUT2D eigenvalue weighted by Crippen LogP contribution is 2.26. The van der Waals surface area contributed by atoms with Crippen LogP contribution in [0.15, 0.2) is 51.4 Å². The van der Waals surface area contributed by atoms with Gasteiger partial charge in [0.15, 0.2) is 5.58 Å². The summed E-state index contributed by atoms with van der Waals surface area (Å²) in [6, 6.07) is 13.7. The van der Waals surface area contributed by atoms with Gasteiger partial charge in [0.05, 0.1) is 5.69 Å². The number of nitrogens with one attached hydrogen (secondary N) is 1. The fourth-order valence-electron chi connectivity index (χ4n) is 1.68. The maximum Gasteiger partial charge on any atom is 0.300 e. The van der Waals surface area contributed by atoms with Crippen LogP contribution in [0.3, 0.4) is 0 Å². The van der Waals surface area contributed by atoms with E-state index in [-0.39, 0.29) is 0 Å². The van der Waals surface area contributed by atoms with Crippen molar-refractivity contribution in [2.24, 2.45) is 0 Å². The molecule has 0 atom stereocenters. The minimum Gasteiger partial charge on any atom is -0.423 e. The third-order valence-electron chi connectivity index (χ3n) is 2.55. The van der Waals surface area contributed by atoms with Gasteiger partial charge in [-0.2, -0.15) is 4.98 Å². The quantitative estimate of drug-likeness (QED) is 0.704. The summed E-state index contributed by atoms with van der Waals surface area (Å²) in [5.74, 6) is 0. The SMILES string of the molecule is Nc1cccc2oc(Nc3ccc(Br)cc3)nc12. The van der Waals surface area contributed by atoms with E-state index in [1.54, 1.807) is 6.07 Å². The molecule has 0 saturated heterocycles. The highest BCUT2D eigenvalue weighted by Gasteiger charge is 2.07. The Bertz CT molecular complexity index is 691. The molecule has 0 spiro atoms. The molecule has 18 heavy (non-hydrogen) atoms. The Morgan fingerprint density at radius 1 is 1.11 bits per heavy atom. The van der Waals surface area contributed by atoms with E-state index in [0.29, 0.717) is 22.8 Å². The first kappa shape index (κ1) is 11.1. The van der Waals surface area contributed by atoms with Crippen LogP contribution < -0.4 is 11.1 Å². The first-order valence-electron chi connectivity index (χ1n) is 5.40. The first-order valence-corrected chi connectivity index (χ1v) is 6.19. The Labute approximate surface area is 112 Å². The minimum atomic E-state index is 0.435. The number of nitrogens with zero attached hydrogens (tertiary/aromatic N) is 1. The number of hydrogen-bond donors (Lipinski definition) is 2. The van der Waals surface area contributed by atoms with Crippen molar-refractivity contribution in [2.75, 3.05) is 11.1 Å². The van der Waals surface area contributed by atoms with Crippen LogP contribution in [-0.4, -0.2) is 4.98 Å². The molecule has 3 rings (SSSR count). The largest absolute Gasteiger partial charge is 0.423 e. The van der Waals surface area contributed by atoms with Gasteiger partial charge < -0.3 is 15.5 Å². The smallest absolute Gasteiger partial charge is 0.300 e. The van der Waals surface area contributed by atoms with Crippen molar-refractivity contribution in [2.45, 2.75) is 0 Å². The Morgan fingerprint density at radius 2 is 1.89 bits per heavy atom. The lowest BCUT2D eigenvalue weighted by Gasteiger charge is -2.00. The Balaban J connectivity index is 1.95. The monoisotopic (exact) mass is 303 g/mol. The number of hydrogen-bond acceptors (Lipinski definition) is 4. The van der Waals surface area contributed by atoms with Gasteiger partial charge in [0.25, 0.3) is 6.01 Å². The zero-order valence-electron chi connectivity index (χ0n) is 9.35. The van der Waals surface area contributed by atoms with Crippen LogP contribution in [0.2, 0.25) is 0 Å². The summed E-state index contributed by atoms with van der Waals surface area (Å²) in [5, 5.41) is 3.09. The molecule has 0 aliphatic rings. The predicted molar refractivity (Wildman–Crippen MR) is 75.8 cm³/mol. The molecule has 90 valence electrons. The second-order valence-corrected chi connectivity index (χ2v) is 4.76. The van der Waals surface area contributed by atoms with E-state index in [1.165, 1.54) is 0 Å². The number of para-hydroxylation sites is 1. The van der Waals surface area contributed by atoms with Crippen LogP contribution in [0.4, 0.5) is 17.4 Å². The number of fused-ring (bicyclic) bond motifs is 1. The number of halogens is 1. The lowest BCUT2D eigenvalue weighted by molar-refractivity contribution is 0.623. The van der Waals surface area contributed by atoms with E-state index < -0.39 is 0 Å². The number of anilines is 3. The van der Waals surface area contributed by atoms with Gasteiger partial charge in [-0.25, -0.2) is 0 Å². The molecular formula is C13H10BrN3O. The van der Waals surface area contributed by atoms with Crippen LogP contribution in [0.5, 0.6) is 0 Å². The summed E-state index contributed by atoms with van der Waals surface area (Å²) in [7, 11) is 0. The summed E-state index contributed by atoms with van der Waals surface area (Å²) in [5.41, 5.74) is 8.70. The topological polar surface area (TPSA) is 64.1 Å². The van der Waals surface area contributed by atoms with Crippen LogP contribution in [0, 0.1) is 0 Å². The van der Waals surface area contributed by atoms with Crippen LogP contribution in [-0.2, 0) is 0 Å². The van der Waals surface area contributed by atoms with E-state index in [4.69, 9.17) is 10.2 Å². The van der Waals surface area contributed by atoms with Gasteiger partial charge in [-0.3, -0.25) is 0 Å². The Hall–Kier alpha value is -2.01. The highest BCUT2D eigenvalue weighted by atomic mass is 79.9. The summed E-state index contributed by atoms with van der Waals surface area (Å²) >= 11 is 3.39. The van der Waals surface area contributed by atoms with E-state index in [1.807, 2.05) is 36.4 Å². The Morgan fingerprint density at radius 3 is 2.61 bits per heavy atom. The van der Waals surface area contributed by atoms with Gasteiger partial charge in [-0.1, -0.05) is 22.0 Å². The third kappa shape index (κ3) is 2.04. The van der Waals surface area contributed by atoms with Gasteiger partial charge in [0.1, 0.15) is 5.52 Å². The summed E-state index contributed by atoms with van der Waals surface area (Å²) in [6.45, 7) is 0. The molecule has 0 radical (unpaired) electrons. The summed E-state index contributed by atoms with van der Waals surface area (Å²) in [4.78, 5) is 4.32. The van der Waals surface area contributed by atoms with E-state index >= 15 is 0 Å². The fourth-order valence-corrected chi connectivity index (χ4v) is 1.94. The second kappa shape index (κ2) is 4.34. The van der Waals surface area contributed by atoms with Crippen LogP contribution in [0.1, 0.15) is 0 Å². The maximum atomic E-state index is 5.83. The fraction of sp³-hybridized carbons (Fsp3) is 0. The lowest BCUT2D eigenvalue weighted by atomic mass is 10.3. The zero-order chi connectivity index (χ0) is 12.5. The highest BCUT2D eigenvalue weighted by molar-refractivity contribution is 9.10. The second-order valence-electron chi connectivity index (χ2n) is 3.84. The molecule has 5 heteroatoms.